The normalized spacial score (nSPS) is 11.8. The second-order valence-electron chi connectivity index (χ2n) is 7.54. The van der Waals surface area contributed by atoms with Crippen LogP contribution in [0.2, 0.25) is 0 Å². The van der Waals surface area contributed by atoms with Crippen molar-refractivity contribution >= 4 is 81.0 Å². The average molecular weight is 450 g/mol. The van der Waals surface area contributed by atoms with E-state index in [9.17, 15) is 0 Å². The second kappa shape index (κ2) is 6.88. The van der Waals surface area contributed by atoms with Gasteiger partial charge in [-0.3, -0.25) is 4.90 Å². The van der Waals surface area contributed by atoms with E-state index in [4.69, 9.17) is 14.4 Å². The summed E-state index contributed by atoms with van der Waals surface area (Å²) in [7, 11) is 0. The molecule has 7 aromatic rings. The van der Waals surface area contributed by atoms with Gasteiger partial charge in [0, 0.05) is 10.8 Å². The zero-order valence-corrected chi connectivity index (χ0v) is 18.4. The van der Waals surface area contributed by atoms with Crippen LogP contribution in [0.25, 0.3) is 42.4 Å². The molecular weight excluding hydrogens is 434 g/mol. The molecule has 0 bridgehead atoms. The first-order valence-electron chi connectivity index (χ1n) is 10.3. The molecule has 0 N–H and O–H groups in total. The standard InChI is InChI=1S/C26H15N3OS2/c1-4-10-21-17(7-1)18-15-16(13-14-22(18)30-21)29(25-27-19-8-2-5-11-23(19)31-25)26-28-20-9-3-6-12-24(20)32-26/h1-15H. The first-order chi connectivity index (χ1) is 15.8. The fourth-order valence-corrected chi connectivity index (χ4v) is 6.10. The van der Waals surface area contributed by atoms with Gasteiger partial charge in [-0.1, -0.05) is 65.1 Å². The number of furan rings is 1. The highest BCUT2D eigenvalue weighted by atomic mass is 32.1. The van der Waals surface area contributed by atoms with E-state index in [1.807, 2.05) is 36.4 Å². The first kappa shape index (κ1) is 17.9. The van der Waals surface area contributed by atoms with Crippen molar-refractivity contribution in [3.63, 3.8) is 0 Å². The minimum absolute atomic E-state index is 0.878. The van der Waals surface area contributed by atoms with E-state index < -0.39 is 0 Å². The van der Waals surface area contributed by atoms with Crippen LogP contribution in [0.1, 0.15) is 0 Å². The minimum atomic E-state index is 0.878. The van der Waals surface area contributed by atoms with Crippen molar-refractivity contribution in [1.82, 2.24) is 9.97 Å². The molecule has 0 spiro atoms. The molecule has 0 aliphatic rings. The monoisotopic (exact) mass is 449 g/mol. The molecule has 0 fully saturated rings. The molecule has 3 heterocycles. The summed E-state index contributed by atoms with van der Waals surface area (Å²) in [6.45, 7) is 0. The van der Waals surface area contributed by atoms with Gasteiger partial charge in [-0.25, -0.2) is 9.97 Å². The summed E-state index contributed by atoms with van der Waals surface area (Å²) in [5, 5.41) is 4.00. The summed E-state index contributed by atoms with van der Waals surface area (Å²) in [4.78, 5) is 12.1. The van der Waals surface area contributed by atoms with Gasteiger partial charge in [-0.15, -0.1) is 0 Å². The summed E-state index contributed by atoms with van der Waals surface area (Å²) >= 11 is 3.35. The zero-order valence-electron chi connectivity index (χ0n) is 16.7. The maximum atomic E-state index is 6.05. The van der Waals surface area contributed by atoms with Crippen molar-refractivity contribution in [2.45, 2.75) is 0 Å². The van der Waals surface area contributed by atoms with Gasteiger partial charge in [0.05, 0.1) is 26.1 Å². The maximum Gasteiger partial charge on any atom is 0.197 e. The number of fused-ring (bicyclic) bond motifs is 5. The third kappa shape index (κ3) is 2.74. The summed E-state index contributed by atoms with van der Waals surface area (Å²) in [5.41, 5.74) is 4.78. The lowest BCUT2D eigenvalue weighted by molar-refractivity contribution is 0.669. The van der Waals surface area contributed by atoms with E-state index in [0.717, 1.165) is 58.3 Å². The maximum absolute atomic E-state index is 6.05. The van der Waals surface area contributed by atoms with Crippen LogP contribution in [0.5, 0.6) is 0 Å². The molecule has 0 amide bonds. The Morgan fingerprint density at radius 2 is 1.19 bits per heavy atom. The highest BCUT2D eigenvalue weighted by Crippen LogP contribution is 2.43. The Kier molecular flexibility index (Phi) is 3.85. The topological polar surface area (TPSA) is 42.2 Å². The smallest absolute Gasteiger partial charge is 0.197 e. The molecule has 0 atom stereocenters. The van der Waals surface area contributed by atoms with E-state index >= 15 is 0 Å². The number of aromatic nitrogens is 2. The molecule has 7 rings (SSSR count). The molecule has 4 nitrogen and oxygen atoms in total. The van der Waals surface area contributed by atoms with Crippen molar-refractivity contribution in [3.05, 3.63) is 91.0 Å². The number of nitrogens with zero attached hydrogens (tertiary/aromatic N) is 3. The van der Waals surface area contributed by atoms with Crippen LogP contribution in [-0.4, -0.2) is 9.97 Å². The summed E-state index contributed by atoms with van der Waals surface area (Å²) < 4.78 is 8.36. The number of thiazole rings is 2. The Hall–Kier alpha value is -3.74. The van der Waals surface area contributed by atoms with Gasteiger partial charge >= 0.3 is 0 Å². The summed E-state index contributed by atoms with van der Waals surface area (Å²) in [5.74, 6) is 0. The summed E-state index contributed by atoms with van der Waals surface area (Å²) in [6.07, 6.45) is 0. The molecule has 0 aliphatic carbocycles. The van der Waals surface area contributed by atoms with Gasteiger partial charge in [0.1, 0.15) is 11.2 Å². The third-order valence-corrected chi connectivity index (χ3v) is 7.61. The molecular formula is C26H15N3OS2. The molecule has 3 aromatic heterocycles. The predicted molar refractivity (Wildman–Crippen MR) is 135 cm³/mol. The van der Waals surface area contributed by atoms with Crippen LogP contribution < -0.4 is 4.90 Å². The number of para-hydroxylation sites is 3. The Balaban J connectivity index is 1.49. The Morgan fingerprint density at radius 3 is 1.88 bits per heavy atom. The van der Waals surface area contributed by atoms with Crippen LogP contribution in [-0.2, 0) is 0 Å². The number of benzene rings is 4. The second-order valence-corrected chi connectivity index (χ2v) is 9.56. The van der Waals surface area contributed by atoms with Gasteiger partial charge in [-0.2, -0.15) is 0 Å². The molecule has 0 radical (unpaired) electrons. The molecule has 0 unspecified atom stereocenters. The van der Waals surface area contributed by atoms with Gasteiger partial charge < -0.3 is 4.42 Å². The van der Waals surface area contributed by atoms with E-state index in [1.54, 1.807) is 22.7 Å². The predicted octanol–water partition coefficient (Wildman–Crippen LogP) is 8.28. The largest absolute Gasteiger partial charge is 0.456 e. The number of anilines is 3. The van der Waals surface area contributed by atoms with Crippen LogP contribution in [0.3, 0.4) is 0 Å². The average Bonchev–Trinajstić information content (AvgIpc) is 3.53. The van der Waals surface area contributed by atoms with Crippen LogP contribution >= 0.6 is 22.7 Å². The number of hydrogen-bond donors (Lipinski definition) is 0. The van der Waals surface area contributed by atoms with Crippen LogP contribution in [0.4, 0.5) is 16.0 Å². The molecule has 0 saturated carbocycles. The lowest BCUT2D eigenvalue weighted by Gasteiger charge is -2.18. The highest BCUT2D eigenvalue weighted by molar-refractivity contribution is 7.24. The van der Waals surface area contributed by atoms with Crippen molar-refractivity contribution < 1.29 is 4.42 Å². The minimum Gasteiger partial charge on any atom is -0.456 e. The van der Waals surface area contributed by atoms with Crippen LogP contribution in [0.15, 0.2) is 95.4 Å². The lowest BCUT2D eigenvalue weighted by Crippen LogP contribution is -2.09. The van der Waals surface area contributed by atoms with E-state index in [2.05, 4.69) is 59.5 Å². The van der Waals surface area contributed by atoms with Gasteiger partial charge in [-0.05, 0) is 48.5 Å². The molecule has 0 aliphatic heterocycles. The SMILES string of the molecule is c1ccc2sc(N(c3ccc4oc5ccccc5c4c3)c3nc4ccccc4s3)nc2c1. The lowest BCUT2D eigenvalue weighted by atomic mass is 10.1. The molecule has 6 heteroatoms. The molecule has 152 valence electrons. The van der Waals surface area contributed by atoms with Crippen molar-refractivity contribution in [2.75, 3.05) is 4.90 Å². The number of rotatable bonds is 3. The molecule has 32 heavy (non-hydrogen) atoms. The highest BCUT2D eigenvalue weighted by Gasteiger charge is 2.21. The van der Waals surface area contributed by atoms with E-state index in [-0.39, 0.29) is 0 Å². The van der Waals surface area contributed by atoms with Crippen molar-refractivity contribution in [2.24, 2.45) is 0 Å². The fraction of sp³-hybridized carbons (Fsp3) is 0. The first-order valence-corrected chi connectivity index (χ1v) is 11.9. The fourth-order valence-electron chi connectivity index (χ4n) is 4.07. The van der Waals surface area contributed by atoms with Crippen molar-refractivity contribution in [3.8, 4) is 0 Å². The van der Waals surface area contributed by atoms with Crippen LogP contribution in [0, 0.1) is 0 Å². The molecule has 0 saturated heterocycles. The van der Waals surface area contributed by atoms with Gasteiger partial charge in [0.15, 0.2) is 10.3 Å². The van der Waals surface area contributed by atoms with Gasteiger partial charge in [0.25, 0.3) is 0 Å². The number of hydrogen-bond acceptors (Lipinski definition) is 6. The Morgan fingerprint density at radius 1 is 0.594 bits per heavy atom. The summed E-state index contributed by atoms with van der Waals surface area (Å²) in [6, 6.07) is 30.9. The Bertz CT molecular complexity index is 1620. The van der Waals surface area contributed by atoms with E-state index in [0.29, 0.717) is 0 Å². The Labute approximate surface area is 191 Å². The quantitative estimate of drug-likeness (QED) is 0.272. The zero-order chi connectivity index (χ0) is 21.1. The van der Waals surface area contributed by atoms with E-state index in [1.165, 1.54) is 0 Å². The van der Waals surface area contributed by atoms with Crippen molar-refractivity contribution in [1.29, 1.82) is 0 Å². The third-order valence-electron chi connectivity index (χ3n) is 5.57. The molecule has 4 aromatic carbocycles. The van der Waals surface area contributed by atoms with Gasteiger partial charge in [0.2, 0.25) is 0 Å².